The van der Waals surface area contributed by atoms with Crippen molar-refractivity contribution in [2.75, 3.05) is 7.05 Å². The Hall–Kier alpha value is -1.51. The van der Waals surface area contributed by atoms with Gasteiger partial charge in [0, 0.05) is 5.02 Å². The van der Waals surface area contributed by atoms with Gasteiger partial charge in [0.2, 0.25) is 0 Å². The van der Waals surface area contributed by atoms with E-state index in [9.17, 15) is 0 Å². The zero-order chi connectivity index (χ0) is 15.4. The molecule has 21 heavy (non-hydrogen) atoms. The van der Waals surface area contributed by atoms with Gasteiger partial charge in [0.05, 0.1) is 12.1 Å². The maximum Gasteiger partial charge on any atom is 0.119 e. The summed E-state index contributed by atoms with van der Waals surface area (Å²) in [4.78, 5) is 0. The molecule has 0 amide bonds. The van der Waals surface area contributed by atoms with E-state index in [2.05, 4.69) is 29.6 Å². The number of halogens is 1. The molecule has 0 aliphatic heterocycles. The van der Waals surface area contributed by atoms with Gasteiger partial charge in [-0.15, -0.1) is 0 Å². The zero-order valence-corrected chi connectivity index (χ0v) is 13.7. The molecule has 1 N–H and O–H groups in total. The van der Waals surface area contributed by atoms with E-state index >= 15 is 0 Å². The van der Waals surface area contributed by atoms with E-state index in [1.54, 1.807) is 0 Å². The minimum absolute atomic E-state index is 0.121. The van der Waals surface area contributed by atoms with Crippen LogP contribution in [0, 0.1) is 6.92 Å². The first-order valence-corrected chi connectivity index (χ1v) is 7.59. The van der Waals surface area contributed by atoms with E-state index in [1.165, 1.54) is 5.56 Å². The third-order valence-corrected chi connectivity index (χ3v) is 3.81. The van der Waals surface area contributed by atoms with E-state index in [0.29, 0.717) is 0 Å². The third kappa shape index (κ3) is 3.99. The van der Waals surface area contributed by atoms with Crippen molar-refractivity contribution in [3.63, 3.8) is 0 Å². The summed E-state index contributed by atoms with van der Waals surface area (Å²) in [6, 6.07) is 14.5. The van der Waals surface area contributed by atoms with Crippen molar-refractivity contribution in [1.82, 2.24) is 5.32 Å². The lowest BCUT2D eigenvalue weighted by Crippen LogP contribution is -2.17. The predicted octanol–water partition coefficient (Wildman–Crippen LogP) is 4.74. The van der Waals surface area contributed by atoms with Crippen LogP contribution in [0.4, 0.5) is 0 Å². The van der Waals surface area contributed by atoms with Crippen molar-refractivity contribution in [3.05, 3.63) is 64.2 Å². The molecule has 0 fully saturated rings. The highest BCUT2D eigenvalue weighted by Crippen LogP contribution is 2.27. The SMILES string of the molecule is CNC(c1ccc(OC(C)C)cc1)c1ccc(C)c(Cl)c1. The number of hydrogen-bond acceptors (Lipinski definition) is 2. The quantitative estimate of drug-likeness (QED) is 0.861. The van der Waals surface area contributed by atoms with Gasteiger partial charge in [0.15, 0.2) is 0 Å². The van der Waals surface area contributed by atoms with E-state index in [1.807, 2.05) is 46.0 Å². The molecular weight excluding hydrogens is 282 g/mol. The molecule has 0 bridgehead atoms. The second-order valence-corrected chi connectivity index (χ2v) is 5.87. The molecule has 2 rings (SSSR count). The minimum atomic E-state index is 0.121. The van der Waals surface area contributed by atoms with Crippen LogP contribution < -0.4 is 10.1 Å². The first-order valence-electron chi connectivity index (χ1n) is 7.21. The number of nitrogens with one attached hydrogen (secondary N) is 1. The van der Waals surface area contributed by atoms with E-state index in [4.69, 9.17) is 16.3 Å². The van der Waals surface area contributed by atoms with Crippen LogP contribution in [0.1, 0.15) is 36.6 Å². The number of aryl methyl sites for hydroxylation is 1. The lowest BCUT2D eigenvalue weighted by Gasteiger charge is -2.19. The van der Waals surface area contributed by atoms with E-state index in [-0.39, 0.29) is 12.1 Å². The second-order valence-electron chi connectivity index (χ2n) is 5.47. The van der Waals surface area contributed by atoms with Crippen molar-refractivity contribution < 1.29 is 4.74 Å². The Bertz CT molecular complexity index is 593. The van der Waals surface area contributed by atoms with Crippen LogP contribution >= 0.6 is 11.6 Å². The molecule has 0 aromatic heterocycles. The van der Waals surface area contributed by atoms with Gasteiger partial charge in [-0.1, -0.05) is 35.9 Å². The topological polar surface area (TPSA) is 21.3 Å². The highest BCUT2D eigenvalue weighted by Gasteiger charge is 2.13. The number of ether oxygens (including phenoxy) is 1. The fourth-order valence-electron chi connectivity index (χ4n) is 2.33. The Morgan fingerprint density at radius 3 is 2.14 bits per heavy atom. The summed E-state index contributed by atoms with van der Waals surface area (Å²) in [7, 11) is 1.96. The summed E-state index contributed by atoms with van der Waals surface area (Å²) in [5.74, 6) is 0.894. The first kappa shape index (κ1) is 15.9. The molecule has 0 saturated carbocycles. The van der Waals surface area contributed by atoms with Gasteiger partial charge in [0.1, 0.15) is 5.75 Å². The average molecular weight is 304 g/mol. The molecule has 2 aromatic carbocycles. The second kappa shape index (κ2) is 6.97. The summed E-state index contributed by atoms with van der Waals surface area (Å²) in [6.45, 7) is 6.07. The number of benzene rings is 2. The maximum atomic E-state index is 6.24. The summed E-state index contributed by atoms with van der Waals surface area (Å²) >= 11 is 6.24. The monoisotopic (exact) mass is 303 g/mol. The van der Waals surface area contributed by atoms with Crippen molar-refractivity contribution in [1.29, 1.82) is 0 Å². The molecule has 0 spiro atoms. The van der Waals surface area contributed by atoms with Crippen LogP contribution in [0.2, 0.25) is 5.02 Å². The number of hydrogen-bond donors (Lipinski definition) is 1. The maximum absolute atomic E-state index is 6.24. The van der Waals surface area contributed by atoms with Crippen LogP contribution in [0.5, 0.6) is 5.75 Å². The highest BCUT2D eigenvalue weighted by atomic mass is 35.5. The molecule has 3 heteroatoms. The van der Waals surface area contributed by atoms with Crippen LogP contribution in [-0.2, 0) is 0 Å². The van der Waals surface area contributed by atoms with Crippen molar-refractivity contribution in [2.45, 2.75) is 32.9 Å². The Morgan fingerprint density at radius 2 is 1.62 bits per heavy atom. The summed E-state index contributed by atoms with van der Waals surface area (Å²) < 4.78 is 5.68. The van der Waals surface area contributed by atoms with Crippen LogP contribution in [-0.4, -0.2) is 13.2 Å². The Balaban J connectivity index is 2.26. The lowest BCUT2D eigenvalue weighted by atomic mass is 9.98. The fraction of sp³-hybridized carbons (Fsp3) is 0.333. The minimum Gasteiger partial charge on any atom is -0.491 e. The Morgan fingerprint density at radius 1 is 1.00 bits per heavy atom. The largest absolute Gasteiger partial charge is 0.491 e. The Kier molecular flexibility index (Phi) is 5.27. The molecule has 112 valence electrons. The Labute approximate surface area is 132 Å². The van der Waals surface area contributed by atoms with Gasteiger partial charge in [-0.3, -0.25) is 0 Å². The first-order chi connectivity index (χ1) is 10.0. The van der Waals surface area contributed by atoms with Crippen molar-refractivity contribution in [3.8, 4) is 5.75 Å². The van der Waals surface area contributed by atoms with Gasteiger partial charge in [-0.2, -0.15) is 0 Å². The van der Waals surface area contributed by atoms with Gasteiger partial charge in [-0.05, 0) is 62.7 Å². The zero-order valence-electron chi connectivity index (χ0n) is 13.0. The summed E-state index contributed by atoms with van der Waals surface area (Å²) in [6.07, 6.45) is 0.187. The predicted molar refractivity (Wildman–Crippen MR) is 89.3 cm³/mol. The molecule has 0 radical (unpaired) electrons. The fourth-order valence-corrected chi connectivity index (χ4v) is 2.51. The standard InChI is InChI=1S/C18H22ClNO/c1-12(2)21-16-9-7-14(8-10-16)18(20-4)15-6-5-13(3)17(19)11-15/h5-12,18,20H,1-4H3. The molecule has 0 heterocycles. The molecule has 1 unspecified atom stereocenters. The van der Waals surface area contributed by atoms with Crippen LogP contribution in [0.25, 0.3) is 0 Å². The van der Waals surface area contributed by atoms with Crippen molar-refractivity contribution in [2.24, 2.45) is 0 Å². The van der Waals surface area contributed by atoms with Gasteiger partial charge in [0.25, 0.3) is 0 Å². The molecule has 0 saturated heterocycles. The average Bonchev–Trinajstić information content (AvgIpc) is 2.45. The van der Waals surface area contributed by atoms with E-state index < -0.39 is 0 Å². The van der Waals surface area contributed by atoms with Crippen molar-refractivity contribution >= 4 is 11.6 Å². The molecular formula is C18H22ClNO. The highest BCUT2D eigenvalue weighted by molar-refractivity contribution is 6.31. The number of rotatable bonds is 5. The molecule has 2 nitrogen and oxygen atoms in total. The van der Waals surface area contributed by atoms with Crippen LogP contribution in [0.3, 0.4) is 0 Å². The lowest BCUT2D eigenvalue weighted by molar-refractivity contribution is 0.242. The van der Waals surface area contributed by atoms with Gasteiger partial charge < -0.3 is 10.1 Å². The van der Waals surface area contributed by atoms with Crippen LogP contribution in [0.15, 0.2) is 42.5 Å². The normalized spacial score (nSPS) is 12.5. The smallest absolute Gasteiger partial charge is 0.119 e. The summed E-state index contributed by atoms with van der Waals surface area (Å²) in [5.41, 5.74) is 3.44. The van der Waals surface area contributed by atoms with Gasteiger partial charge in [-0.25, -0.2) is 0 Å². The molecule has 2 aromatic rings. The molecule has 0 aliphatic rings. The third-order valence-electron chi connectivity index (χ3n) is 3.40. The van der Waals surface area contributed by atoms with Gasteiger partial charge >= 0.3 is 0 Å². The molecule has 1 atom stereocenters. The molecule has 0 aliphatic carbocycles. The van der Waals surface area contributed by atoms with E-state index in [0.717, 1.165) is 21.9 Å². The summed E-state index contributed by atoms with van der Waals surface area (Å²) in [5, 5.41) is 4.14.